The molecule has 0 bridgehead atoms. The van der Waals surface area contributed by atoms with E-state index in [1.165, 1.54) is 6.33 Å². The van der Waals surface area contributed by atoms with Crippen LogP contribution in [0.3, 0.4) is 0 Å². The molecule has 0 aliphatic heterocycles. The first-order valence-electron chi connectivity index (χ1n) is 13.3. The Labute approximate surface area is 225 Å². The number of benzene rings is 2. The van der Waals surface area contributed by atoms with E-state index in [2.05, 4.69) is 26.3 Å². The Morgan fingerprint density at radius 3 is 2.64 bits per heavy atom. The number of rotatable bonds is 7. The summed E-state index contributed by atoms with van der Waals surface area (Å²) >= 11 is 0. The van der Waals surface area contributed by atoms with Crippen molar-refractivity contribution in [2.45, 2.75) is 52.5 Å². The van der Waals surface area contributed by atoms with Crippen molar-refractivity contribution in [3.8, 4) is 11.3 Å². The van der Waals surface area contributed by atoms with Crippen LogP contribution in [0.1, 0.15) is 43.2 Å². The third-order valence-corrected chi connectivity index (χ3v) is 7.73. The molecule has 200 valence electrons. The number of hydrogen-bond acceptors (Lipinski definition) is 8. The number of nitrogens with one attached hydrogen (secondary N) is 1. The van der Waals surface area contributed by atoms with Crippen LogP contribution < -0.4 is 11.1 Å². The molecular formula is C29H31N7O3. The molecule has 0 atom stereocenters. The number of carbonyl (C=O) groups is 1. The van der Waals surface area contributed by atoms with E-state index in [-0.39, 0.29) is 5.92 Å². The Kier molecular flexibility index (Phi) is 6.38. The number of aliphatic carboxylic acids is 1. The van der Waals surface area contributed by atoms with Gasteiger partial charge in [0.15, 0.2) is 11.2 Å². The number of nitrogen functional groups attached to an aromatic ring is 1. The number of fused-ring (bicyclic) bond motifs is 2. The predicted molar refractivity (Wildman–Crippen MR) is 150 cm³/mol. The van der Waals surface area contributed by atoms with E-state index in [0.29, 0.717) is 29.9 Å². The molecule has 0 unspecified atom stereocenters. The van der Waals surface area contributed by atoms with E-state index < -0.39 is 5.97 Å². The Morgan fingerprint density at radius 1 is 1.13 bits per heavy atom. The summed E-state index contributed by atoms with van der Waals surface area (Å²) in [6.07, 6.45) is 5.71. The minimum Gasteiger partial charge on any atom is -0.481 e. The molecule has 2 aromatic carbocycles. The van der Waals surface area contributed by atoms with E-state index in [1.54, 1.807) is 0 Å². The highest BCUT2D eigenvalue weighted by molar-refractivity contribution is 5.98. The van der Waals surface area contributed by atoms with Gasteiger partial charge in [0.25, 0.3) is 6.01 Å². The molecule has 5 aromatic rings. The molecule has 1 aliphatic rings. The maximum absolute atomic E-state index is 11.3. The van der Waals surface area contributed by atoms with Gasteiger partial charge in [0, 0.05) is 17.8 Å². The predicted octanol–water partition coefficient (Wildman–Crippen LogP) is 5.86. The number of carboxylic acid groups (broad SMARTS) is 1. The summed E-state index contributed by atoms with van der Waals surface area (Å²) in [5.74, 6) is -0.0159. The lowest BCUT2D eigenvalue weighted by molar-refractivity contribution is -0.143. The summed E-state index contributed by atoms with van der Waals surface area (Å²) in [6, 6.07) is 12.4. The number of aryl methyl sites for hydroxylation is 3. The van der Waals surface area contributed by atoms with Gasteiger partial charge >= 0.3 is 5.97 Å². The van der Waals surface area contributed by atoms with Gasteiger partial charge in [-0.15, -0.1) is 0 Å². The first-order chi connectivity index (χ1) is 18.9. The average Bonchev–Trinajstić information content (AvgIpc) is 3.50. The molecule has 3 aromatic heterocycles. The van der Waals surface area contributed by atoms with Gasteiger partial charge in [0.2, 0.25) is 0 Å². The molecule has 10 nitrogen and oxygen atoms in total. The highest BCUT2D eigenvalue weighted by Gasteiger charge is 2.26. The van der Waals surface area contributed by atoms with E-state index in [9.17, 15) is 9.90 Å². The van der Waals surface area contributed by atoms with Crippen LogP contribution in [0, 0.1) is 25.7 Å². The summed E-state index contributed by atoms with van der Waals surface area (Å²) in [5.41, 5.74) is 13.3. The Morgan fingerprint density at radius 2 is 1.90 bits per heavy atom. The van der Waals surface area contributed by atoms with Gasteiger partial charge < -0.3 is 20.6 Å². The summed E-state index contributed by atoms with van der Waals surface area (Å²) in [6.45, 7) is 4.75. The number of hydrogen-bond donors (Lipinski definition) is 3. The summed E-state index contributed by atoms with van der Waals surface area (Å²) in [7, 11) is 0. The average molecular weight is 526 g/mol. The lowest BCUT2D eigenvalue weighted by Gasteiger charge is -2.25. The molecule has 6 rings (SSSR count). The molecule has 0 saturated heterocycles. The van der Waals surface area contributed by atoms with Crippen LogP contribution in [0.15, 0.2) is 47.1 Å². The van der Waals surface area contributed by atoms with E-state index >= 15 is 0 Å². The second-order valence-corrected chi connectivity index (χ2v) is 10.5. The van der Waals surface area contributed by atoms with Gasteiger partial charge in [-0.3, -0.25) is 4.79 Å². The van der Waals surface area contributed by atoms with E-state index in [1.807, 2.05) is 48.9 Å². The maximum Gasteiger partial charge on any atom is 0.306 e. The Hall–Kier alpha value is -4.47. The fourth-order valence-corrected chi connectivity index (χ4v) is 5.66. The van der Waals surface area contributed by atoms with Crippen molar-refractivity contribution in [3.63, 3.8) is 0 Å². The van der Waals surface area contributed by atoms with Crippen LogP contribution in [0.5, 0.6) is 0 Å². The molecule has 39 heavy (non-hydrogen) atoms. The van der Waals surface area contributed by atoms with E-state index in [0.717, 1.165) is 76.7 Å². The quantitative estimate of drug-likeness (QED) is 0.238. The number of nitrogens with two attached hydrogens (primary N) is 1. The van der Waals surface area contributed by atoms with Crippen LogP contribution in [0.4, 0.5) is 17.5 Å². The van der Waals surface area contributed by atoms with Crippen LogP contribution in [-0.2, 0) is 11.3 Å². The fourth-order valence-electron chi connectivity index (χ4n) is 5.66. The smallest absolute Gasteiger partial charge is 0.306 e. The van der Waals surface area contributed by atoms with Crippen molar-refractivity contribution in [1.29, 1.82) is 0 Å². The van der Waals surface area contributed by atoms with Gasteiger partial charge in [-0.05, 0) is 81.2 Å². The van der Waals surface area contributed by atoms with Crippen molar-refractivity contribution >= 4 is 45.6 Å². The van der Waals surface area contributed by atoms with Gasteiger partial charge in [0.1, 0.15) is 23.4 Å². The van der Waals surface area contributed by atoms with Gasteiger partial charge in [-0.2, -0.15) is 10.1 Å². The number of oxazole rings is 1. The summed E-state index contributed by atoms with van der Waals surface area (Å²) < 4.78 is 7.85. The van der Waals surface area contributed by atoms with Crippen LogP contribution in [0.25, 0.3) is 33.4 Å². The van der Waals surface area contributed by atoms with Gasteiger partial charge in [0.05, 0.1) is 11.3 Å². The second kappa shape index (κ2) is 10.0. The molecule has 0 radical (unpaired) electrons. The summed E-state index contributed by atoms with van der Waals surface area (Å²) in [5, 5.41) is 18.2. The Bertz CT molecular complexity index is 1660. The monoisotopic (exact) mass is 525 g/mol. The molecular weight excluding hydrogens is 494 g/mol. The molecule has 1 fully saturated rings. The van der Waals surface area contributed by atoms with Crippen molar-refractivity contribution in [3.05, 3.63) is 53.9 Å². The minimum absolute atomic E-state index is 0.209. The first-order valence-corrected chi connectivity index (χ1v) is 13.3. The SMILES string of the molecule is Cc1cc(C)c2oc(Nc3ccc(-c4nn(CCC5CCC(C(=O)O)CC5)c5ncnc(N)c45)cc3)nc2c1. The van der Waals surface area contributed by atoms with Crippen molar-refractivity contribution in [2.75, 3.05) is 11.1 Å². The first kappa shape index (κ1) is 24.8. The van der Waals surface area contributed by atoms with Crippen molar-refractivity contribution in [1.82, 2.24) is 24.7 Å². The van der Waals surface area contributed by atoms with E-state index in [4.69, 9.17) is 15.2 Å². The number of nitrogens with zero attached hydrogens (tertiary/aromatic N) is 5. The molecule has 1 saturated carbocycles. The number of carboxylic acids is 1. The zero-order valence-corrected chi connectivity index (χ0v) is 22.0. The highest BCUT2D eigenvalue weighted by Crippen LogP contribution is 2.34. The second-order valence-electron chi connectivity index (χ2n) is 10.5. The molecule has 4 N–H and O–H groups in total. The number of aromatic nitrogens is 5. The fraction of sp³-hybridized carbons (Fsp3) is 0.345. The lowest BCUT2D eigenvalue weighted by atomic mass is 9.80. The normalized spacial score (nSPS) is 17.6. The number of anilines is 3. The largest absolute Gasteiger partial charge is 0.481 e. The Balaban J connectivity index is 1.22. The van der Waals surface area contributed by atoms with Crippen LogP contribution in [-0.4, -0.2) is 35.8 Å². The van der Waals surface area contributed by atoms with Gasteiger partial charge in [-0.1, -0.05) is 18.2 Å². The molecule has 10 heteroatoms. The van der Waals surface area contributed by atoms with Gasteiger partial charge in [-0.25, -0.2) is 14.6 Å². The molecule has 0 amide bonds. The maximum atomic E-state index is 11.3. The van der Waals surface area contributed by atoms with Crippen molar-refractivity contribution < 1.29 is 14.3 Å². The van der Waals surface area contributed by atoms with Crippen LogP contribution >= 0.6 is 0 Å². The van der Waals surface area contributed by atoms with Crippen LogP contribution in [0.2, 0.25) is 0 Å². The third-order valence-electron chi connectivity index (χ3n) is 7.73. The topological polar surface area (TPSA) is 145 Å². The zero-order valence-electron chi connectivity index (χ0n) is 22.0. The molecule has 3 heterocycles. The highest BCUT2D eigenvalue weighted by atomic mass is 16.4. The molecule has 0 spiro atoms. The third kappa shape index (κ3) is 4.89. The van der Waals surface area contributed by atoms with Crippen molar-refractivity contribution in [2.24, 2.45) is 11.8 Å². The minimum atomic E-state index is -0.677. The standard InChI is InChI=1S/C29H31N7O3/c1-16-13-17(2)25-22(14-16)34-29(39-25)33-21-9-7-19(8-10-21)24-23-26(30)31-15-32-27(23)36(35-24)12-11-18-3-5-20(6-4-18)28(37)38/h7-10,13-15,18,20H,3-6,11-12H2,1-2H3,(H,33,34)(H,37,38)(H2,30,31,32). The lowest BCUT2D eigenvalue weighted by Crippen LogP contribution is -2.22. The molecule has 1 aliphatic carbocycles. The zero-order chi connectivity index (χ0) is 27.1. The summed E-state index contributed by atoms with van der Waals surface area (Å²) in [4.78, 5) is 24.6.